The highest BCUT2D eigenvalue weighted by Crippen LogP contribution is 2.23. The van der Waals surface area contributed by atoms with Crippen LogP contribution in [0, 0.1) is 0 Å². The summed E-state index contributed by atoms with van der Waals surface area (Å²) in [5.41, 5.74) is 0.701. The van der Waals surface area contributed by atoms with Gasteiger partial charge in [0, 0.05) is 0 Å². The van der Waals surface area contributed by atoms with Crippen LogP contribution in [-0.4, -0.2) is 38.9 Å². The van der Waals surface area contributed by atoms with Gasteiger partial charge >= 0.3 is 12.1 Å². The molecule has 0 aliphatic carbocycles. The van der Waals surface area contributed by atoms with Crippen LogP contribution in [0.1, 0.15) is 11.7 Å². The topological polar surface area (TPSA) is 77.2 Å². The van der Waals surface area contributed by atoms with Gasteiger partial charge in [0.25, 0.3) is 0 Å². The predicted molar refractivity (Wildman–Crippen MR) is 63.7 cm³/mol. The fourth-order valence-corrected chi connectivity index (χ4v) is 1.64. The summed E-state index contributed by atoms with van der Waals surface area (Å²) in [7, 11) is 0. The van der Waals surface area contributed by atoms with E-state index in [1.807, 2.05) is 0 Å². The van der Waals surface area contributed by atoms with Crippen molar-refractivity contribution < 1.29 is 27.8 Å². The number of hydrogen-bond donors (Lipinski definition) is 1. The van der Waals surface area contributed by atoms with Crippen molar-refractivity contribution in [2.45, 2.75) is 12.3 Å². The zero-order valence-corrected chi connectivity index (χ0v) is 10.5. The normalized spacial score (nSPS) is 13.1. The molecule has 0 saturated heterocycles. The van der Waals surface area contributed by atoms with E-state index in [4.69, 9.17) is 5.11 Å². The van der Waals surface area contributed by atoms with Crippen LogP contribution in [0.5, 0.6) is 0 Å². The molecule has 112 valence electrons. The third kappa shape index (κ3) is 4.02. The van der Waals surface area contributed by atoms with E-state index >= 15 is 0 Å². The number of carboxylic acids is 1. The van der Waals surface area contributed by atoms with Crippen LogP contribution in [0.2, 0.25) is 0 Å². The Morgan fingerprint density at radius 2 is 2.00 bits per heavy atom. The highest BCUT2D eigenvalue weighted by molar-refractivity contribution is 5.74. The Balaban J connectivity index is 2.15. The number of nitrogens with zero attached hydrogens (tertiary/aromatic N) is 3. The van der Waals surface area contributed by atoms with Gasteiger partial charge in [0.2, 0.25) is 0 Å². The molecule has 0 bridgehead atoms. The lowest BCUT2D eigenvalue weighted by Crippen LogP contribution is -2.23. The molecule has 0 aliphatic heterocycles. The Bertz CT molecular complexity index is 596. The molecule has 0 aliphatic rings. The number of carboxylic acid groups (broad SMARTS) is 1. The van der Waals surface area contributed by atoms with Gasteiger partial charge in [-0.1, -0.05) is 17.3 Å². The van der Waals surface area contributed by atoms with E-state index < -0.39 is 24.9 Å². The Labute approximate surface area is 116 Å². The first kappa shape index (κ1) is 15.0. The lowest BCUT2D eigenvalue weighted by atomic mass is 10.1. The Hall–Kier alpha value is -2.42. The monoisotopic (exact) mass is 301 g/mol. The van der Waals surface area contributed by atoms with Crippen molar-refractivity contribution in [3.63, 3.8) is 0 Å². The van der Waals surface area contributed by atoms with E-state index in [0.717, 1.165) is 0 Å². The van der Waals surface area contributed by atoms with Crippen molar-refractivity contribution in [1.82, 2.24) is 15.0 Å². The van der Waals surface area contributed by atoms with Crippen molar-refractivity contribution in [2.24, 2.45) is 0 Å². The molecule has 0 saturated carbocycles. The largest absolute Gasteiger partial charge is 0.479 e. The van der Waals surface area contributed by atoms with Crippen molar-refractivity contribution in [1.29, 1.82) is 0 Å². The highest BCUT2D eigenvalue weighted by Gasteiger charge is 2.32. The second-order valence-corrected chi connectivity index (χ2v) is 4.08. The Morgan fingerprint density at radius 1 is 1.33 bits per heavy atom. The van der Waals surface area contributed by atoms with Gasteiger partial charge in [-0.05, 0) is 17.7 Å². The molecular formula is C12H10F3N3O3. The first-order chi connectivity index (χ1) is 9.87. The second kappa shape index (κ2) is 5.92. The summed E-state index contributed by atoms with van der Waals surface area (Å²) in [5, 5.41) is 16.3. The van der Waals surface area contributed by atoms with Gasteiger partial charge in [-0.25, -0.2) is 9.48 Å². The molecule has 0 spiro atoms. The number of hydrogen-bond acceptors (Lipinski definition) is 4. The minimum absolute atomic E-state index is 0.107. The minimum atomic E-state index is -4.59. The molecule has 0 amide bonds. The first-order valence-electron chi connectivity index (χ1n) is 5.74. The van der Waals surface area contributed by atoms with Gasteiger partial charge in [0.15, 0.2) is 6.10 Å². The van der Waals surface area contributed by atoms with Crippen LogP contribution < -0.4 is 0 Å². The van der Waals surface area contributed by atoms with E-state index in [9.17, 15) is 18.0 Å². The van der Waals surface area contributed by atoms with Crippen LogP contribution in [0.3, 0.4) is 0 Å². The van der Waals surface area contributed by atoms with Gasteiger partial charge in [0.05, 0.1) is 18.1 Å². The average molecular weight is 301 g/mol. The van der Waals surface area contributed by atoms with Crippen LogP contribution >= 0.6 is 0 Å². The third-order valence-corrected chi connectivity index (χ3v) is 2.52. The zero-order valence-electron chi connectivity index (χ0n) is 10.5. The van der Waals surface area contributed by atoms with Crippen LogP contribution in [0.4, 0.5) is 13.2 Å². The fourth-order valence-electron chi connectivity index (χ4n) is 1.64. The molecule has 2 rings (SSSR count). The number of alkyl halides is 3. The molecule has 1 aromatic carbocycles. The number of aliphatic carboxylic acids is 1. The maximum Gasteiger partial charge on any atom is 0.411 e. The van der Waals surface area contributed by atoms with Crippen molar-refractivity contribution in [3.8, 4) is 5.69 Å². The number of rotatable bonds is 5. The molecule has 1 unspecified atom stereocenters. The van der Waals surface area contributed by atoms with Gasteiger partial charge in [-0.15, -0.1) is 5.10 Å². The SMILES string of the molecule is O=C(O)C(OCC(F)(F)F)c1ccc(-n2ccnn2)cc1. The maximum absolute atomic E-state index is 12.1. The standard InChI is InChI=1S/C12H10F3N3O3/c13-12(14,15)7-21-10(11(19)20)8-1-3-9(4-2-8)18-6-5-16-17-18/h1-6,10H,7H2,(H,19,20). The highest BCUT2D eigenvalue weighted by atomic mass is 19.4. The van der Waals surface area contributed by atoms with Gasteiger partial charge in [0.1, 0.15) is 6.61 Å². The number of carbonyl (C=O) groups is 1. The van der Waals surface area contributed by atoms with E-state index in [-0.39, 0.29) is 5.56 Å². The molecule has 6 nitrogen and oxygen atoms in total. The molecular weight excluding hydrogens is 291 g/mol. The molecule has 21 heavy (non-hydrogen) atoms. The van der Waals surface area contributed by atoms with Crippen LogP contribution in [-0.2, 0) is 9.53 Å². The quantitative estimate of drug-likeness (QED) is 0.913. The van der Waals surface area contributed by atoms with Crippen molar-refractivity contribution in [2.75, 3.05) is 6.61 Å². The summed E-state index contributed by atoms with van der Waals surface area (Å²) in [4.78, 5) is 11.0. The summed E-state index contributed by atoms with van der Waals surface area (Å²) in [6.07, 6.45) is -3.24. The first-order valence-corrected chi connectivity index (χ1v) is 5.74. The van der Waals surface area contributed by atoms with Gasteiger partial charge in [-0.3, -0.25) is 0 Å². The van der Waals surface area contributed by atoms with E-state index in [2.05, 4.69) is 15.0 Å². The Morgan fingerprint density at radius 3 is 2.48 bits per heavy atom. The number of aromatic nitrogens is 3. The Kier molecular flexibility index (Phi) is 4.22. The zero-order chi connectivity index (χ0) is 15.5. The molecule has 9 heteroatoms. The lowest BCUT2D eigenvalue weighted by molar-refractivity contribution is -0.193. The summed E-state index contributed by atoms with van der Waals surface area (Å²) in [5.74, 6) is -1.49. The second-order valence-electron chi connectivity index (χ2n) is 4.08. The summed E-state index contributed by atoms with van der Waals surface area (Å²) < 4.78 is 42.2. The minimum Gasteiger partial charge on any atom is -0.479 e. The summed E-state index contributed by atoms with van der Waals surface area (Å²) >= 11 is 0. The molecule has 0 fully saturated rings. The molecule has 1 N–H and O–H groups in total. The molecule has 0 radical (unpaired) electrons. The fraction of sp³-hybridized carbons (Fsp3) is 0.250. The van der Waals surface area contributed by atoms with Crippen molar-refractivity contribution >= 4 is 5.97 Å². The van der Waals surface area contributed by atoms with E-state index in [1.165, 1.54) is 35.1 Å². The lowest BCUT2D eigenvalue weighted by Gasteiger charge is -2.15. The van der Waals surface area contributed by atoms with E-state index in [1.54, 1.807) is 6.20 Å². The van der Waals surface area contributed by atoms with Crippen LogP contribution in [0.25, 0.3) is 5.69 Å². The van der Waals surface area contributed by atoms with Gasteiger partial charge in [-0.2, -0.15) is 13.2 Å². The molecule has 1 aromatic heterocycles. The summed E-state index contributed by atoms with van der Waals surface area (Å²) in [6, 6.07) is 5.76. The summed E-state index contributed by atoms with van der Waals surface area (Å²) in [6.45, 7) is -1.63. The van der Waals surface area contributed by atoms with Crippen LogP contribution in [0.15, 0.2) is 36.7 Å². The number of ether oxygens (including phenoxy) is 1. The maximum atomic E-state index is 12.1. The smallest absolute Gasteiger partial charge is 0.411 e. The number of halogens is 3. The predicted octanol–water partition coefficient (Wildman–Crippen LogP) is 1.97. The third-order valence-electron chi connectivity index (χ3n) is 2.52. The van der Waals surface area contributed by atoms with E-state index in [0.29, 0.717) is 5.69 Å². The van der Waals surface area contributed by atoms with Gasteiger partial charge < -0.3 is 9.84 Å². The average Bonchev–Trinajstić information content (AvgIpc) is 2.92. The molecule has 1 atom stereocenters. The molecule has 1 heterocycles. The van der Waals surface area contributed by atoms with Crippen molar-refractivity contribution in [3.05, 3.63) is 42.2 Å². The molecule has 2 aromatic rings. The number of benzene rings is 1.